The Bertz CT molecular complexity index is 642. The van der Waals surface area contributed by atoms with Crippen molar-refractivity contribution in [3.05, 3.63) is 35.4 Å². The van der Waals surface area contributed by atoms with Gasteiger partial charge in [-0.05, 0) is 17.5 Å². The van der Waals surface area contributed by atoms with Crippen LogP contribution >= 0.6 is 0 Å². The summed E-state index contributed by atoms with van der Waals surface area (Å²) in [5, 5.41) is 8.26. The smallest absolute Gasteiger partial charge is 0.153 e. The lowest BCUT2D eigenvalue weighted by atomic mass is 10.0. The molecule has 1 aliphatic carbocycles. The van der Waals surface area contributed by atoms with Gasteiger partial charge in [0.05, 0.1) is 11.3 Å². The standard InChI is InChI=1S/C14H15NO3S/c1-3-10-4-6-11(7-5-10)12-13(19(2,17)18)14(12,8-15)9-16/h4-7,9,12-13H,3H2,1-2H3/t12-,13-,14-/m0/s1. The fourth-order valence-corrected chi connectivity index (χ4v) is 4.45. The van der Waals surface area contributed by atoms with E-state index >= 15 is 0 Å². The molecule has 3 atom stereocenters. The third-order valence-electron chi connectivity index (χ3n) is 3.78. The summed E-state index contributed by atoms with van der Waals surface area (Å²) < 4.78 is 23.4. The molecule has 0 radical (unpaired) electrons. The van der Waals surface area contributed by atoms with Gasteiger partial charge < -0.3 is 4.79 Å². The first-order valence-electron chi connectivity index (χ1n) is 6.06. The lowest BCUT2D eigenvalue weighted by Gasteiger charge is -2.02. The van der Waals surface area contributed by atoms with Crippen molar-refractivity contribution >= 4 is 16.1 Å². The Kier molecular flexibility index (Phi) is 3.23. The minimum Gasteiger partial charge on any atom is -0.302 e. The highest BCUT2D eigenvalue weighted by molar-refractivity contribution is 7.91. The van der Waals surface area contributed by atoms with Crippen LogP contribution in [0, 0.1) is 16.7 Å². The summed E-state index contributed by atoms with van der Waals surface area (Å²) >= 11 is 0. The molecule has 1 fully saturated rings. The molecule has 5 heteroatoms. The maximum absolute atomic E-state index is 11.7. The van der Waals surface area contributed by atoms with E-state index in [2.05, 4.69) is 0 Å². The van der Waals surface area contributed by atoms with Gasteiger partial charge in [-0.1, -0.05) is 31.2 Å². The van der Waals surface area contributed by atoms with Gasteiger partial charge in [0.25, 0.3) is 0 Å². The average molecular weight is 277 g/mol. The second-order valence-electron chi connectivity index (χ2n) is 4.99. The van der Waals surface area contributed by atoms with Crippen LogP contribution in [0.15, 0.2) is 24.3 Å². The van der Waals surface area contributed by atoms with E-state index in [-0.39, 0.29) is 0 Å². The molecule has 0 bridgehead atoms. The third-order valence-corrected chi connectivity index (χ3v) is 5.36. The van der Waals surface area contributed by atoms with E-state index in [4.69, 9.17) is 0 Å². The van der Waals surface area contributed by atoms with Gasteiger partial charge in [-0.25, -0.2) is 8.42 Å². The minimum atomic E-state index is -3.43. The van der Waals surface area contributed by atoms with Crippen molar-refractivity contribution < 1.29 is 13.2 Å². The van der Waals surface area contributed by atoms with Gasteiger partial charge in [-0.2, -0.15) is 5.26 Å². The number of carbonyl (C=O) groups excluding carboxylic acids is 1. The molecule has 4 nitrogen and oxygen atoms in total. The Morgan fingerprint density at radius 3 is 2.26 bits per heavy atom. The third kappa shape index (κ3) is 2.06. The Morgan fingerprint density at radius 1 is 1.37 bits per heavy atom. The van der Waals surface area contributed by atoms with Gasteiger partial charge >= 0.3 is 0 Å². The number of nitrogens with zero attached hydrogens (tertiary/aromatic N) is 1. The monoisotopic (exact) mass is 277 g/mol. The first-order chi connectivity index (χ1) is 8.90. The second kappa shape index (κ2) is 4.46. The van der Waals surface area contributed by atoms with Crippen LogP contribution in [0.1, 0.15) is 24.0 Å². The van der Waals surface area contributed by atoms with Crippen LogP contribution < -0.4 is 0 Å². The number of carbonyl (C=O) groups is 1. The number of hydrogen-bond donors (Lipinski definition) is 0. The van der Waals surface area contributed by atoms with E-state index in [1.165, 1.54) is 0 Å². The zero-order chi connectivity index (χ0) is 14.3. The molecular weight excluding hydrogens is 262 g/mol. The molecule has 0 aliphatic heterocycles. The molecular formula is C14H15NO3S. The molecule has 1 aromatic rings. The Morgan fingerprint density at radius 2 is 1.95 bits per heavy atom. The van der Waals surface area contributed by atoms with Gasteiger partial charge in [-0.15, -0.1) is 0 Å². The van der Waals surface area contributed by atoms with E-state index < -0.39 is 26.4 Å². The predicted octanol–water partition coefficient (Wildman–Crippen LogP) is 1.47. The van der Waals surface area contributed by atoms with Crippen molar-refractivity contribution in [3.8, 4) is 6.07 Å². The highest BCUT2D eigenvalue weighted by atomic mass is 32.2. The average Bonchev–Trinajstić information content (AvgIpc) is 3.09. The minimum absolute atomic E-state index is 0.483. The lowest BCUT2D eigenvalue weighted by Crippen LogP contribution is -2.14. The van der Waals surface area contributed by atoms with Gasteiger partial charge in [0, 0.05) is 12.2 Å². The Balaban J connectivity index is 2.44. The van der Waals surface area contributed by atoms with Crippen LogP contribution in [-0.4, -0.2) is 26.2 Å². The SMILES string of the molecule is CCc1ccc([C@H]2[C@H](S(C)(=O)=O)[C@@]2(C#N)C=O)cc1. The van der Waals surface area contributed by atoms with Crippen LogP contribution in [0.2, 0.25) is 0 Å². The van der Waals surface area contributed by atoms with Crippen molar-refractivity contribution in [2.45, 2.75) is 24.5 Å². The summed E-state index contributed by atoms with van der Waals surface area (Å²) in [6.07, 6.45) is 2.45. The normalized spacial score (nSPS) is 29.5. The number of sulfone groups is 1. The summed E-state index contributed by atoms with van der Waals surface area (Å²) in [6.45, 7) is 2.02. The second-order valence-corrected chi connectivity index (χ2v) is 7.15. The van der Waals surface area contributed by atoms with Crippen LogP contribution in [0.25, 0.3) is 0 Å². The van der Waals surface area contributed by atoms with Crippen LogP contribution in [0.3, 0.4) is 0 Å². The van der Waals surface area contributed by atoms with Crippen molar-refractivity contribution in [1.82, 2.24) is 0 Å². The molecule has 19 heavy (non-hydrogen) atoms. The first-order valence-corrected chi connectivity index (χ1v) is 8.01. The number of benzene rings is 1. The van der Waals surface area contributed by atoms with Crippen LogP contribution in [0.4, 0.5) is 0 Å². The van der Waals surface area contributed by atoms with E-state index in [1.54, 1.807) is 0 Å². The summed E-state index contributed by atoms with van der Waals surface area (Å²) in [6, 6.07) is 9.31. The maximum atomic E-state index is 11.7. The molecule has 0 unspecified atom stereocenters. The zero-order valence-corrected chi connectivity index (χ0v) is 11.6. The topological polar surface area (TPSA) is 75.0 Å². The van der Waals surface area contributed by atoms with Gasteiger partial charge in [0.2, 0.25) is 0 Å². The van der Waals surface area contributed by atoms with Crippen LogP contribution in [-0.2, 0) is 21.1 Å². The molecule has 1 aliphatic rings. The van der Waals surface area contributed by atoms with Crippen molar-refractivity contribution in [1.29, 1.82) is 5.26 Å². The highest BCUT2D eigenvalue weighted by Gasteiger charge is 2.71. The number of hydrogen-bond acceptors (Lipinski definition) is 4. The highest BCUT2D eigenvalue weighted by Crippen LogP contribution is 2.61. The van der Waals surface area contributed by atoms with Gasteiger partial charge in [0.1, 0.15) is 11.7 Å². The van der Waals surface area contributed by atoms with Gasteiger partial charge in [0.15, 0.2) is 9.84 Å². The summed E-state index contributed by atoms with van der Waals surface area (Å²) in [7, 11) is -3.43. The Hall–Kier alpha value is -1.67. The van der Waals surface area contributed by atoms with E-state index in [1.807, 2.05) is 37.3 Å². The summed E-state index contributed by atoms with van der Waals surface area (Å²) in [5.41, 5.74) is 0.455. The van der Waals surface area contributed by atoms with E-state index in [0.29, 0.717) is 6.29 Å². The molecule has 0 heterocycles. The summed E-state index contributed by atoms with van der Waals surface area (Å²) in [4.78, 5) is 11.2. The summed E-state index contributed by atoms with van der Waals surface area (Å²) in [5.74, 6) is -0.545. The quantitative estimate of drug-likeness (QED) is 0.781. The molecule has 1 saturated carbocycles. The molecule has 100 valence electrons. The van der Waals surface area contributed by atoms with E-state index in [9.17, 15) is 18.5 Å². The maximum Gasteiger partial charge on any atom is 0.153 e. The molecule has 2 rings (SSSR count). The van der Waals surface area contributed by atoms with Gasteiger partial charge in [-0.3, -0.25) is 0 Å². The largest absolute Gasteiger partial charge is 0.302 e. The van der Waals surface area contributed by atoms with Crippen molar-refractivity contribution in [2.24, 2.45) is 5.41 Å². The number of nitriles is 1. The molecule has 0 N–H and O–H groups in total. The first kappa shape index (κ1) is 13.8. The molecule has 0 spiro atoms. The number of rotatable bonds is 4. The number of aldehydes is 1. The molecule has 0 saturated heterocycles. The van der Waals surface area contributed by atoms with Crippen molar-refractivity contribution in [2.75, 3.05) is 6.26 Å². The van der Waals surface area contributed by atoms with Crippen LogP contribution in [0.5, 0.6) is 0 Å². The predicted molar refractivity (Wildman–Crippen MR) is 71.3 cm³/mol. The Labute approximate surface area is 113 Å². The molecule has 0 aromatic heterocycles. The fraction of sp³-hybridized carbons (Fsp3) is 0.429. The number of aryl methyl sites for hydroxylation is 1. The molecule has 0 amide bonds. The van der Waals surface area contributed by atoms with Crippen molar-refractivity contribution in [3.63, 3.8) is 0 Å². The molecule has 1 aromatic carbocycles. The zero-order valence-electron chi connectivity index (χ0n) is 10.8. The van der Waals surface area contributed by atoms with E-state index in [0.717, 1.165) is 23.8 Å². The lowest BCUT2D eigenvalue weighted by molar-refractivity contribution is -0.110. The fourth-order valence-electron chi connectivity index (χ4n) is 2.69.